The summed E-state index contributed by atoms with van der Waals surface area (Å²) in [6.45, 7) is 0.920. The van der Waals surface area contributed by atoms with E-state index in [0.29, 0.717) is 30.8 Å². The molecular weight excluding hydrogens is 432 g/mol. The van der Waals surface area contributed by atoms with Gasteiger partial charge in [-0.2, -0.15) is 0 Å². The van der Waals surface area contributed by atoms with Crippen LogP contribution in [0, 0.1) is 5.92 Å². The highest BCUT2D eigenvalue weighted by Gasteiger charge is 2.43. The molecule has 1 atom stereocenters. The summed E-state index contributed by atoms with van der Waals surface area (Å²) in [5, 5.41) is 3.15. The molecule has 0 radical (unpaired) electrons. The van der Waals surface area contributed by atoms with Gasteiger partial charge in [0.15, 0.2) is 6.17 Å². The minimum atomic E-state index is -0.933. The maximum absolute atomic E-state index is 13.7. The molecular formula is C26H38N4O4. The van der Waals surface area contributed by atoms with Crippen LogP contribution in [0.2, 0.25) is 0 Å². The summed E-state index contributed by atoms with van der Waals surface area (Å²) in [7, 11) is 1.56. The van der Waals surface area contributed by atoms with E-state index < -0.39 is 6.17 Å². The first-order valence-corrected chi connectivity index (χ1v) is 12.8. The molecule has 0 bridgehead atoms. The Morgan fingerprint density at radius 2 is 1.65 bits per heavy atom. The predicted molar refractivity (Wildman–Crippen MR) is 129 cm³/mol. The van der Waals surface area contributed by atoms with E-state index in [2.05, 4.69) is 5.32 Å². The first-order valence-electron chi connectivity index (χ1n) is 12.8. The Kier molecular flexibility index (Phi) is 8.08. The fraction of sp³-hybridized carbons (Fsp3) is 0.654. The quantitative estimate of drug-likeness (QED) is 0.688. The van der Waals surface area contributed by atoms with Gasteiger partial charge >= 0.3 is 0 Å². The topological polar surface area (TPSA) is 105 Å². The summed E-state index contributed by atoms with van der Waals surface area (Å²) in [6.07, 6.45) is 8.03. The molecule has 1 aromatic carbocycles. The van der Waals surface area contributed by atoms with Crippen LogP contribution in [0.4, 0.5) is 0 Å². The van der Waals surface area contributed by atoms with Crippen molar-refractivity contribution in [1.29, 1.82) is 0 Å². The van der Waals surface area contributed by atoms with Crippen LogP contribution >= 0.6 is 0 Å². The summed E-state index contributed by atoms with van der Waals surface area (Å²) in [5.41, 5.74) is 6.49. The van der Waals surface area contributed by atoms with Crippen molar-refractivity contribution in [3.8, 4) is 5.75 Å². The summed E-state index contributed by atoms with van der Waals surface area (Å²) in [4.78, 5) is 44.1. The Bertz CT molecular complexity index is 877. The van der Waals surface area contributed by atoms with Crippen molar-refractivity contribution < 1.29 is 19.1 Å². The number of ether oxygens (including phenoxy) is 1. The molecule has 1 unspecified atom stereocenters. The van der Waals surface area contributed by atoms with Crippen molar-refractivity contribution in [2.75, 3.05) is 20.2 Å². The van der Waals surface area contributed by atoms with E-state index in [1.807, 2.05) is 0 Å². The number of carbonyl (C=O) groups excluding carboxylic acids is 3. The zero-order chi connectivity index (χ0) is 24.1. The third-order valence-electron chi connectivity index (χ3n) is 7.56. The molecule has 1 aliphatic heterocycles. The monoisotopic (exact) mass is 470 g/mol. The van der Waals surface area contributed by atoms with Gasteiger partial charge in [0, 0.05) is 36.7 Å². The number of nitrogens with two attached hydrogens (primary N) is 1. The Morgan fingerprint density at radius 3 is 2.35 bits per heavy atom. The van der Waals surface area contributed by atoms with Crippen molar-refractivity contribution in [3.05, 3.63) is 29.8 Å². The van der Waals surface area contributed by atoms with Crippen molar-refractivity contribution in [2.45, 2.75) is 82.5 Å². The van der Waals surface area contributed by atoms with Gasteiger partial charge in [-0.15, -0.1) is 0 Å². The molecule has 8 nitrogen and oxygen atoms in total. The number of nitrogens with zero attached hydrogens (tertiary/aromatic N) is 2. The largest absolute Gasteiger partial charge is 0.497 e. The van der Waals surface area contributed by atoms with Gasteiger partial charge in [0.1, 0.15) is 5.75 Å². The Morgan fingerprint density at radius 1 is 0.941 bits per heavy atom. The average Bonchev–Trinajstić information content (AvgIpc) is 2.89. The molecule has 34 heavy (non-hydrogen) atoms. The molecule has 2 aliphatic carbocycles. The number of hydrogen-bond acceptors (Lipinski definition) is 5. The van der Waals surface area contributed by atoms with Crippen LogP contribution in [0.15, 0.2) is 24.3 Å². The van der Waals surface area contributed by atoms with E-state index >= 15 is 0 Å². The molecule has 3 amide bonds. The number of rotatable bonds is 5. The Hall–Kier alpha value is -2.61. The smallest absolute Gasteiger partial charge is 0.264 e. The van der Waals surface area contributed by atoms with Crippen LogP contribution in [-0.4, -0.2) is 66.0 Å². The molecule has 186 valence electrons. The van der Waals surface area contributed by atoms with Gasteiger partial charge in [-0.05, 0) is 63.1 Å². The number of methoxy groups -OCH3 is 1. The molecule has 4 rings (SSSR count). The molecule has 3 aliphatic rings. The lowest BCUT2D eigenvalue weighted by Gasteiger charge is -2.45. The highest BCUT2D eigenvalue weighted by molar-refractivity contribution is 5.99. The van der Waals surface area contributed by atoms with Crippen LogP contribution in [0.25, 0.3) is 0 Å². The van der Waals surface area contributed by atoms with Gasteiger partial charge in [-0.1, -0.05) is 25.3 Å². The zero-order valence-electron chi connectivity index (χ0n) is 20.2. The Balaban J connectivity index is 1.59. The summed E-state index contributed by atoms with van der Waals surface area (Å²) >= 11 is 0. The van der Waals surface area contributed by atoms with Crippen molar-refractivity contribution in [3.63, 3.8) is 0 Å². The molecule has 1 heterocycles. The first-order chi connectivity index (χ1) is 16.5. The highest BCUT2D eigenvalue weighted by atomic mass is 16.5. The summed E-state index contributed by atoms with van der Waals surface area (Å²) < 4.78 is 5.29. The zero-order valence-corrected chi connectivity index (χ0v) is 20.2. The first kappa shape index (κ1) is 24.5. The van der Waals surface area contributed by atoms with Crippen LogP contribution in [0.1, 0.15) is 74.6 Å². The molecule has 1 saturated heterocycles. The molecule has 0 aromatic heterocycles. The number of carbonyl (C=O) groups is 3. The number of benzene rings is 1. The maximum Gasteiger partial charge on any atom is 0.264 e. The molecule has 0 spiro atoms. The standard InChI is InChI=1S/C26H38N4O4/c1-34-22-10-5-9-19(17-22)26(33)30-16-6-15-29(25(32)18-7-3-2-4-8-18)24(30)23(31)28-21-13-11-20(27)12-14-21/h5,9-10,17-18,20-21,24H,2-4,6-8,11-16,27H2,1H3,(H,28,31). The fourth-order valence-electron chi connectivity index (χ4n) is 5.60. The average molecular weight is 471 g/mol. The third-order valence-corrected chi connectivity index (χ3v) is 7.56. The lowest BCUT2D eigenvalue weighted by Crippen LogP contribution is -2.65. The van der Waals surface area contributed by atoms with Crippen LogP contribution in [-0.2, 0) is 9.59 Å². The molecule has 8 heteroatoms. The SMILES string of the molecule is COc1cccc(C(=O)N2CCCN(C(=O)C3CCCCC3)C2C(=O)NC2CCC(N)CC2)c1. The van der Waals surface area contributed by atoms with E-state index in [1.165, 1.54) is 0 Å². The second-order valence-corrected chi connectivity index (χ2v) is 9.94. The minimum absolute atomic E-state index is 0.00802. The van der Waals surface area contributed by atoms with E-state index in [-0.39, 0.29) is 35.7 Å². The Labute approximate surface area is 202 Å². The lowest BCUT2D eigenvalue weighted by molar-refractivity contribution is -0.153. The van der Waals surface area contributed by atoms with E-state index in [0.717, 1.165) is 57.8 Å². The summed E-state index contributed by atoms with van der Waals surface area (Å²) in [5.74, 6) is 0.00115. The third kappa shape index (κ3) is 5.54. The van der Waals surface area contributed by atoms with Gasteiger partial charge in [0.05, 0.1) is 7.11 Å². The minimum Gasteiger partial charge on any atom is -0.497 e. The van der Waals surface area contributed by atoms with E-state index in [1.54, 1.807) is 41.2 Å². The van der Waals surface area contributed by atoms with Gasteiger partial charge in [0.2, 0.25) is 5.91 Å². The van der Waals surface area contributed by atoms with Crippen molar-refractivity contribution in [2.24, 2.45) is 11.7 Å². The lowest BCUT2D eigenvalue weighted by atomic mass is 9.87. The molecule has 2 saturated carbocycles. The van der Waals surface area contributed by atoms with E-state index in [9.17, 15) is 14.4 Å². The molecule has 1 aromatic rings. The van der Waals surface area contributed by atoms with Gasteiger partial charge in [0.25, 0.3) is 11.8 Å². The van der Waals surface area contributed by atoms with Crippen LogP contribution in [0.5, 0.6) is 5.75 Å². The summed E-state index contributed by atoms with van der Waals surface area (Å²) in [6, 6.07) is 7.16. The van der Waals surface area contributed by atoms with Gasteiger partial charge < -0.3 is 25.6 Å². The fourth-order valence-corrected chi connectivity index (χ4v) is 5.60. The second kappa shape index (κ2) is 11.2. The van der Waals surface area contributed by atoms with Crippen molar-refractivity contribution in [1.82, 2.24) is 15.1 Å². The highest BCUT2D eigenvalue weighted by Crippen LogP contribution is 2.29. The van der Waals surface area contributed by atoms with Crippen molar-refractivity contribution >= 4 is 17.7 Å². The van der Waals surface area contributed by atoms with Gasteiger partial charge in [-0.3, -0.25) is 14.4 Å². The number of hydrogen-bond donors (Lipinski definition) is 2. The van der Waals surface area contributed by atoms with Gasteiger partial charge in [-0.25, -0.2) is 0 Å². The number of amides is 3. The predicted octanol–water partition coefficient (Wildman–Crippen LogP) is 2.66. The normalized spacial score (nSPS) is 26.1. The maximum atomic E-state index is 13.7. The van der Waals surface area contributed by atoms with E-state index in [4.69, 9.17) is 10.5 Å². The molecule has 3 N–H and O–H groups in total. The van der Waals surface area contributed by atoms with Crippen LogP contribution < -0.4 is 15.8 Å². The number of nitrogens with one attached hydrogen (secondary N) is 1. The molecule has 3 fully saturated rings. The van der Waals surface area contributed by atoms with Crippen LogP contribution in [0.3, 0.4) is 0 Å². The second-order valence-electron chi connectivity index (χ2n) is 9.94.